The third-order valence-electron chi connectivity index (χ3n) is 2.89. The third kappa shape index (κ3) is 2.00. The smallest absolute Gasteiger partial charge is 0.339 e. The average molecular weight is 319 g/mol. The first-order chi connectivity index (χ1) is 9.20. The number of halogens is 1. The van der Waals surface area contributed by atoms with Crippen LogP contribution in [0.15, 0.2) is 41.0 Å². The van der Waals surface area contributed by atoms with Crippen LogP contribution in [0.5, 0.6) is 0 Å². The van der Waals surface area contributed by atoms with Crippen molar-refractivity contribution in [3.63, 3.8) is 0 Å². The lowest BCUT2D eigenvalue weighted by molar-refractivity contribution is 0.0525. The number of carbonyl (C=O) groups is 1. The maximum Gasteiger partial charge on any atom is 0.339 e. The minimum atomic E-state index is -0.340. The van der Waals surface area contributed by atoms with Crippen LogP contribution in [0.25, 0.3) is 16.7 Å². The summed E-state index contributed by atoms with van der Waals surface area (Å²) in [4.78, 5) is 16.3. The maximum atomic E-state index is 11.8. The molecular formula is C14H11BrN2O2. The first-order valence-corrected chi connectivity index (χ1v) is 6.73. The molecule has 0 unspecified atom stereocenters. The molecule has 0 saturated carbocycles. The molecule has 0 saturated heterocycles. The van der Waals surface area contributed by atoms with E-state index in [0.29, 0.717) is 16.6 Å². The van der Waals surface area contributed by atoms with E-state index in [9.17, 15) is 4.79 Å². The number of imidazole rings is 1. The molecule has 5 heteroatoms. The summed E-state index contributed by atoms with van der Waals surface area (Å²) in [5.74, 6) is -0.340. The average Bonchev–Trinajstić information content (AvgIpc) is 2.76. The number of pyridine rings is 1. The molecule has 4 nitrogen and oxygen atoms in total. The lowest BCUT2D eigenvalue weighted by Crippen LogP contribution is -2.05. The highest BCUT2D eigenvalue weighted by atomic mass is 79.9. The lowest BCUT2D eigenvalue weighted by Gasteiger charge is -2.04. The summed E-state index contributed by atoms with van der Waals surface area (Å²) in [5.41, 5.74) is 3.08. The molecule has 0 bridgehead atoms. The van der Waals surface area contributed by atoms with Gasteiger partial charge in [0.2, 0.25) is 0 Å². The quantitative estimate of drug-likeness (QED) is 0.680. The fourth-order valence-electron chi connectivity index (χ4n) is 2.05. The predicted molar refractivity (Wildman–Crippen MR) is 76.4 cm³/mol. The largest absolute Gasteiger partial charge is 0.462 e. The van der Waals surface area contributed by atoms with E-state index in [1.807, 2.05) is 34.9 Å². The van der Waals surface area contributed by atoms with Gasteiger partial charge in [-0.2, -0.15) is 0 Å². The number of hydrogen-bond acceptors (Lipinski definition) is 3. The molecule has 0 amide bonds. The van der Waals surface area contributed by atoms with Crippen LogP contribution in [0.1, 0.15) is 17.3 Å². The van der Waals surface area contributed by atoms with Crippen molar-refractivity contribution in [2.75, 3.05) is 6.61 Å². The Bertz CT molecular complexity index is 780. The van der Waals surface area contributed by atoms with E-state index in [-0.39, 0.29) is 5.97 Å². The van der Waals surface area contributed by atoms with E-state index in [0.717, 1.165) is 16.7 Å². The van der Waals surface area contributed by atoms with Gasteiger partial charge in [0.05, 0.1) is 23.2 Å². The Morgan fingerprint density at radius 2 is 2.26 bits per heavy atom. The minimum Gasteiger partial charge on any atom is -0.462 e. The fraction of sp³-hybridized carbons (Fsp3) is 0.143. The van der Waals surface area contributed by atoms with Crippen molar-refractivity contribution in [1.29, 1.82) is 0 Å². The van der Waals surface area contributed by atoms with Crippen LogP contribution in [-0.4, -0.2) is 22.0 Å². The maximum absolute atomic E-state index is 11.8. The number of esters is 1. The fourth-order valence-corrected chi connectivity index (χ4v) is 2.54. The van der Waals surface area contributed by atoms with Gasteiger partial charge < -0.3 is 4.74 Å². The molecule has 2 aromatic heterocycles. The lowest BCUT2D eigenvalue weighted by atomic mass is 10.2. The monoisotopic (exact) mass is 318 g/mol. The van der Waals surface area contributed by atoms with Crippen LogP contribution < -0.4 is 0 Å². The van der Waals surface area contributed by atoms with Gasteiger partial charge in [-0.3, -0.25) is 4.40 Å². The van der Waals surface area contributed by atoms with Crippen molar-refractivity contribution >= 4 is 38.6 Å². The summed E-state index contributed by atoms with van der Waals surface area (Å²) in [5, 5.41) is 0. The second-order valence-corrected chi connectivity index (χ2v) is 4.94. The Balaban J connectivity index is 2.25. The van der Waals surface area contributed by atoms with Crippen molar-refractivity contribution in [1.82, 2.24) is 9.38 Å². The van der Waals surface area contributed by atoms with Gasteiger partial charge >= 0.3 is 5.97 Å². The van der Waals surface area contributed by atoms with Crippen LogP contribution in [0.2, 0.25) is 0 Å². The Labute approximate surface area is 118 Å². The Kier molecular flexibility index (Phi) is 2.98. The van der Waals surface area contributed by atoms with Crippen molar-refractivity contribution in [3.05, 3.63) is 46.6 Å². The number of benzene rings is 1. The molecule has 0 aliphatic carbocycles. The standard InChI is InChI=1S/C14H11BrN2O2/c1-2-19-14(18)9-7-11-12(8-10(9)15)17-6-4-3-5-13(17)16-11/h3-8H,2H2,1H3. The first kappa shape index (κ1) is 12.2. The van der Waals surface area contributed by atoms with Gasteiger partial charge in [-0.25, -0.2) is 9.78 Å². The SMILES string of the molecule is CCOC(=O)c1cc2nc3ccccn3c2cc1Br. The normalized spacial score (nSPS) is 11.1. The number of hydrogen-bond donors (Lipinski definition) is 0. The van der Waals surface area contributed by atoms with Gasteiger partial charge in [0.1, 0.15) is 5.65 Å². The molecule has 1 aromatic carbocycles. The van der Waals surface area contributed by atoms with Gasteiger partial charge in [0.15, 0.2) is 0 Å². The molecule has 0 atom stereocenters. The second-order valence-electron chi connectivity index (χ2n) is 4.08. The number of fused-ring (bicyclic) bond motifs is 3. The highest BCUT2D eigenvalue weighted by Crippen LogP contribution is 2.25. The van der Waals surface area contributed by atoms with E-state index in [2.05, 4.69) is 20.9 Å². The summed E-state index contributed by atoms with van der Waals surface area (Å²) in [6.07, 6.45) is 1.95. The number of rotatable bonds is 2. The number of nitrogens with zero attached hydrogens (tertiary/aromatic N) is 2. The van der Waals surface area contributed by atoms with Crippen molar-refractivity contribution in [3.8, 4) is 0 Å². The highest BCUT2D eigenvalue weighted by Gasteiger charge is 2.14. The van der Waals surface area contributed by atoms with Crippen molar-refractivity contribution in [2.45, 2.75) is 6.92 Å². The molecule has 19 heavy (non-hydrogen) atoms. The Morgan fingerprint density at radius 1 is 1.42 bits per heavy atom. The first-order valence-electron chi connectivity index (χ1n) is 5.94. The summed E-state index contributed by atoms with van der Waals surface area (Å²) in [6.45, 7) is 2.14. The Morgan fingerprint density at radius 3 is 3.05 bits per heavy atom. The summed E-state index contributed by atoms with van der Waals surface area (Å²) >= 11 is 3.42. The number of aromatic nitrogens is 2. The van der Waals surface area contributed by atoms with E-state index in [1.54, 1.807) is 13.0 Å². The summed E-state index contributed by atoms with van der Waals surface area (Å²) in [6, 6.07) is 9.45. The van der Waals surface area contributed by atoms with Crippen LogP contribution in [-0.2, 0) is 4.74 Å². The highest BCUT2D eigenvalue weighted by molar-refractivity contribution is 9.10. The van der Waals surface area contributed by atoms with Crippen LogP contribution in [0.4, 0.5) is 0 Å². The molecule has 3 rings (SSSR count). The topological polar surface area (TPSA) is 43.6 Å². The number of ether oxygens (including phenoxy) is 1. The second kappa shape index (κ2) is 4.66. The van der Waals surface area contributed by atoms with Crippen LogP contribution in [0.3, 0.4) is 0 Å². The molecule has 96 valence electrons. The molecule has 3 aromatic rings. The van der Waals surface area contributed by atoms with Gasteiger partial charge in [-0.15, -0.1) is 0 Å². The van der Waals surface area contributed by atoms with E-state index >= 15 is 0 Å². The van der Waals surface area contributed by atoms with Crippen molar-refractivity contribution < 1.29 is 9.53 Å². The molecule has 0 N–H and O–H groups in total. The minimum absolute atomic E-state index is 0.340. The molecule has 0 fully saturated rings. The van der Waals surface area contributed by atoms with Crippen molar-refractivity contribution in [2.24, 2.45) is 0 Å². The molecule has 0 aliphatic rings. The molecule has 0 aliphatic heterocycles. The predicted octanol–water partition coefficient (Wildman–Crippen LogP) is 3.43. The van der Waals surface area contributed by atoms with E-state index in [1.165, 1.54) is 0 Å². The van der Waals surface area contributed by atoms with Gasteiger partial charge in [0.25, 0.3) is 0 Å². The third-order valence-corrected chi connectivity index (χ3v) is 3.55. The zero-order chi connectivity index (χ0) is 13.4. The number of carbonyl (C=O) groups excluding carboxylic acids is 1. The zero-order valence-electron chi connectivity index (χ0n) is 10.3. The Hall–Kier alpha value is -1.88. The molecule has 2 heterocycles. The summed E-state index contributed by atoms with van der Waals surface area (Å²) in [7, 11) is 0. The molecule has 0 spiro atoms. The van der Waals surface area contributed by atoms with E-state index in [4.69, 9.17) is 4.74 Å². The summed E-state index contributed by atoms with van der Waals surface area (Å²) < 4.78 is 7.72. The molecular weight excluding hydrogens is 308 g/mol. The molecule has 0 radical (unpaired) electrons. The van der Waals surface area contributed by atoms with Crippen LogP contribution >= 0.6 is 15.9 Å². The van der Waals surface area contributed by atoms with Crippen LogP contribution in [0, 0.1) is 0 Å². The zero-order valence-corrected chi connectivity index (χ0v) is 11.8. The van der Waals surface area contributed by atoms with Gasteiger partial charge in [0, 0.05) is 10.7 Å². The van der Waals surface area contributed by atoms with Gasteiger partial charge in [-0.1, -0.05) is 6.07 Å². The van der Waals surface area contributed by atoms with E-state index < -0.39 is 0 Å². The van der Waals surface area contributed by atoms with Gasteiger partial charge in [-0.05, 0) is 47.1 Å².